The number of anilines is 3. The normalized spacial score (nSPS) is 21.6. The lowest BCUT2D eigenvalue weighted by molar-refractivity contribution is -0.130. The molecule has 6 rings (SSSR count). The van der Waals surface area contributed by atoms with E-state index in [1.807, 2.05) is 11.0 Å². The summed E-state index contributed by atoms with van der Waals surface area (Å²) in [5.41, 5.74) is 1.03. The Labute approximate surface area is 236 Å². The van der Waals surface area contributed by atoms with Gasteiger partial charge in [-0.1, -0.05) is 11.6 Å². The average molecular weight is 567 g/mol. The first-order chi connectivity index (χ1) is 19.5. The molecule has 2 N–H and O–H groups in total. The highest BCUT2D eigenvalue weighted by Gasteiger charge is 2.34. The van der Waals surface area contributed by atoms with E-state index in [4.69, 9.17) is 25.7 Å². The molecule has 2 saturated heterocycles. The fourth-order valence-corrected chi connectivity index (χ4v) is 5.88. The van der Waals surface area contributed by atoms with E-state index in [1.54, 1.807) is 18.2 Å². The van der Waals surface area contributed by atoms with Crippen molar-refractivity contribution in [2.75, 3.05) is 48.4 Å². The zero-order valence-corrected chi connectivity index (χ0v) is 22.8. The van der Waals surface area contributed by atoms with E-state index in [-0.39, 0.29) is 35.2 Å². The Bertz CT molecular complexity index is 1410. The van der Waals surface area contributed by atoms with Crippen LogP contribution < -0.4 is 15.5 Å². The molecule has 11 nitrogen and oxygen atoms in total. The predicted octanol–water partition coefficient (Wildman–Crippen LogP) is 4.08. The molecule has 0 unspecified atom stereocenters. The smallest absolute Gasteiger partial charge is 0.294 e. The van der Waals surface area contributed by atoms with Crippen molar-refractivity contribution in [2.45, 2.75) is 44.6 Å². The Kier molecular flexibility index (Phi) is 7.57. The molecular weight excluding hydrogens is 536 g/mol. The molecule has 0 atom stereocenters. The molecule has 3 aromatic heterocycles. The van der Waals surface area contributed by atoms with Crippen LogP contribution >= 0.6 is 11.6 Å². The van der Waals surface area contributed by atoms with Crippen molar-refractivity contribution in [1.82, 2.24) is 14.9 Å². The Morgan fingerprint density at radius 3 is 2.50 bits per heavy atom. The minimum absolute atomic E-state index is 0.0527. The van der Waals surface area contributed by atoms with Crippen LogP contribution in [-0.4, -0.2) is 71.5 Å². The van der Waals surface area contributed by atoms with E-state index >= 15 is 0 Å². The monoisotopic (exact) mass is 566 g/mol. The second-order valence-electron chi connectivity index (χ2n) is 10.4. The number of halogens is 1. The van der Waals surface area contributed by atoms with E-state index in [0.29, 0.717) is 73.3 Å². The molecule has 3 fully saturated rings. The van der Waals surface area contributed by atoms with Crippen LogP contribution in [0.3, 0.4) is 0 Å². The number of carbonyl (C=O) groups is 3. The molecule has 2 aliphatic heterocycles. The number of morpholine rings is 1. The maximum Gasteiger partial charge on any atom is 0.294 e. The molecule has 0 radical (unpaired) electrons. The number of furan rings is 1. The number of rotatable bonds is 6. The largest absolute Gasteiger partial charge is 0.447 e. The van der Waals surface area contributed by atoms with Gasteiger partial charge in [0.25, 0.3) is 5.91 Å². The van der Waals surface area contributed by atoms with Crippen molar-refractivity contribution in [1.29, 1.82) is 0 Å². The summed E-state index contributed by atoms with van der Waals surface area (Å²) in [7, 11) is 0. The fraction of sp³-hybridized carbons (Fsp3) is 0.464. The van der Waals surface area contributed by atoms with Gasteiger partial charge in [-0.05, 0) is 56.4 Å². The molecule has 1 saturated carbocycles. The van der Waals surface area contributed by atoms with E-state index in [2.05, 4.69) is 20.5 Å². The quantitative estimate of drug-likeness (QED) is 0.456. The summed E-state index contributed by atoms with van der Waals surface area (Å²) in [4.78, 5) is 52.0. The maximum atomic E-state index is 13.5. The summed E-state index contributed by atoms with van der Waals surface area (Å²) in [6, 6.07) is 7.00. The van der Waals surface area contributed by atoms with Gasteiger partial charge in [-0.2, -0.15) is 0 Å². The number of aromatic nitrogens is 2. The first kappa shape index (κ1) is 26.5. The van der Waals surface area contributed by atoms with Crippen LogP contribution in [0.1, 0.15) is 49.1 Å². The summed E-state index contributed by atoms with van der Waals surface area (Å²) in [5.74, 6) is 0.181. The summed E-state index contributed by atoms with van der Waals surface area (Å²) in [5, 5.41) is 6.14. The molecule has 12 heteroatoms. The lowest BCUT2D eigenvalue weighted by atomic mass is 9.84. The van der Waals surface area contributed by atoms with Gasteiger partial charge in [0.05, 0.1) is 18.2 Å². The number of hydrogen-bond acceptors (Lipinski definition) is 8. The minimum atomic E-state index is -0.563. The first-order valence-electron chi connectivity index (χ1n) is 13.8. The third-order valence-corrected chi connectivity index (χ3v) is 8.12. The Morgan fingerprint density at radius 1 is 1.00 bits per heavy atom. The van der Waals surface area contributed by atoms with Gasteiger partial charge in [0.15, 0.2) is 5.58 Å². The molecule has 5 heterocycles. The van der Waals surface area contributed by atoms with Gasteiger partial charge in [-0.3, -0.25) is 14.4 Å². The van der Waals surface area contributed by atoms with Crippen molar-refractivity contribution in [3.8, 4) is 0 Å². The van der Waals surface area contributed by atoms with Crippen molar-refractivity contribution in [3.63, 3.8) is 0 Å². The fourth-order valence-electron chi connectivity index (χ4n) is 5.76. The molecule has 3 aromatic rings. The second kappa shape index (κ2) is 11.4. The standard InChI is InChI=1S/C28H31ClN6O5/c29-18-5-9-21(30-16-18)31-28(38)26-25(24-20(40-26)8-10-22(32-24)34-12-14-39-15-13-34)33-27(37)17-3-6-19(7-4-17)35-11-1-2-23(35)36/h5,8-10,16-17,19H,1-4,6-7,11-15H2,(H,33,37)(H,30,31,38). The summed E-state index contributed by atoms with van der Waals surface area (Å²) in [6.45, 7) is 3.39. The van der Waals surface area contributed by atoms with Gasteiger partial charge in [0.2, 0.25) is 17.6 Å². The molecule has 3 aliphatic rings. The third kappa shape index (κ3) is 5.48. The molecular formula is C28H31ClN6O5. The third-order valence-electron chi connectivity index (χ3n) is 7.90. The zero-order valence-electron chi connectivity index (χ0n) is 22.0. The molecule has 210 valence electrons. The Morgan fingerprint density at radius 2 is 1.80 bits per heavy atom. The van der Waals surface area contributed by atoms with Crippen LogP contribution in [0.5, 0.6) is 0 Å². The van der Waals surface area contributed by atoms with E-state index in [1.165, 1.54) is 6.20 Å². The van der Waals surface area contributed by atoms with Crippen molar-refractivity contribution in [3.05, 3.63) is 41.2 Å². The topological polar surface area (TPSA) is 130 Å². The van der Waals surface area contributed by atoms with Crippen LogP contribution in [0, 0.1) is 5.92 Å². The highest BCUT2D eigenvalue weighted by atomic mass is 35.5. The summed E-state index contributed by atoms with van der Waals surface area (Å²) < 4.78 is 11.4. The van der Waals surface area contributed by atoms with Gasteiger partial charge in [-0.25, -0.2) is 9.97 Å². The van der Waals surface area contributed by atoms with E-state index in [0.717, 1.165) is 25.8 Å². The van der Waals surface area contributed by atoms with Gasteiger partial charge in [0, 0.05) is 44.2 Å². The van der Waals surface area contributed by atoms with Gasteiger partial charge >= 0.3 is 0 Å². The Balaban J connectivity index is 1.25. The lowest BCUT2D eigenvalue weighted by Gasteiger charge is -2.34. The number of likely N-dealkylation sites (tertiary alicyclic amines) is 1. The highest BCUT2D eigenvalue weighted by Crippen LogP contribution is 2.35. The molecule has 0 aromatic carbocycles. The lowest BCUT2D eigenvalue weighted by Crippen LogP contribution is -2.40. The maximum absolute atomic E-state index is 13.5. The number of fused-ring (bicyclic) bond motifs is 1. The van der Waals surface area contributed by atoms with Crippen molar-refractivity contribution < 1.29 is 23.5 Å². The number of amides is 3. The second-order valence-corrected chi connectivity index (χ2v) is 10.9. The number of carbonyl (C=O) groups excluding carboxylic acids is 3. The van der Waals surface area contributed by atoms with Crippen molar-refractivity contribution >= 4 is 57.7 Å². The van der Waals surface area contributed by atoms with Crippen LogP contribution in [0.4, 0.5) is 17.3 Å². The first-order valence-corrected chi connectivity index (χ1v) is 14.1. The molecule has 3 amide bonds. The van der Waals surface area contributed by atoms with Crippen LogP contribution in [0.25, 0.3) is 11.1 Å². The van der Waals surface area contributed by atoms with Crippen molar-refractivity contribution in [2.24, 2.45) is 5.92 Å². The van der Waals surface area contributed by atoms with Gasteiger partial charge < -0.3 is 29.6 Å². The van der Waals surface area contributed by atoms with E-state index in [9.17, 15) is 14.4 Å². The number of hydrogen-bond donors (Lipinski definition) is 2. The van der Waals surface area contributed by atoms with E-state index < -0.39 is 5.91 Å². The summed E-state index contributed by atoms with van der Waals surface area (Å²) in [6.07, 6.45) is 5.85. The average Bonchev–Trinajstić information content (AvgIpc) is 3.58. The molecule has 0 bridgehead atoms. The summed E-state index contributed by atoms with van der Waals surface area (Å²) >= 11 is 5.93. The molecule has 0 spiro atoms. The SMILES string of the molecule is O=C(Nc1ccc(Cl)cn1)c1oc2ccc(N3CCOCC3)nc2c1NC(=O)C1CCC(N2CCCC2=O)CC1. The van der Waals surface area contributed by atoms with Crippen LogP contribution in [0.15, 0.2) is 34.9 Å². The molecule has 1 aliphatic carbocycles. The number of nitrogens with one attached hydrogen (secondary N) is 2. The number of pyridine rings is 2. The Hall–Kier alpha value is -3.70. The van der Waals surface area contributed by atoms with Crippen LogP contribution in [0.2, 0.25) is 5.02 Å². The molecule has 40 heavy (non-hydrogen) atoms. The number of ether oxygens (including phenoxy) is 1. The highest BCUT2D eigenvalue weighted by molar-refractivity contribution is 6.30. The van der Waals surface area contributed by atoms with Crippen LogP contribution in [-0.2, 0) is 14.3 Å². The predicted molar refractivity (Wildman–Crippen MR) is 150 cm³/mol. The van der Waals surface area contributed by atoms with Gasteiger partial charge in [-0.15, -0.1) is 0 Å². The number of nitrogens with zero attached hydrogens (tertiary/aromatic N) is 4. The minimum Gasteiger partial charge on any atom is -0.447 e. The van der Waals surface area contributed by atoms with Gasteiger partial charge in [0.1, 0.15) is 22.8 Å². The zero-order chi connectivity index (χ0) is 27.6.